The van der Waals surface area contributed by atoms with Crippen LogP contribution in [-0.2, 0) is 4.79 Å². The van der Waals surface area contributed by atoms with Crippen molar-refractivity contribution in [3.63, 3.8) is 0 Å². The number of carbonyl (C=O) groups is 1. The normalized spacial score (nSPS) is 11.7. The minimum atomic E-state index is -0.0870. The lowest BCUT2D eigenvalue weighted by Crippen LogP contribution is -2.32. The number of anilines is 1. The van der Waals surface area contributed by atoms with Gasteiger partial charge in [0, 0.05) is 11.1 Å². The summed E-state index contributed by atoms with van der Waals surface area (Å²) in [7, 11) is 1.57. The van der Waals surface area contributed by atoms with E-state index in [4.69, 9.17) is 16.3 Å². The van der Waals surface area contributed by atoms with E-state index >= 15 is 0 Å². The second-order valence-electron chi connectivity index (χ2n) is 5.36. The highest BCUT2D eigenvalue weighted by atomic mass is 35.5. The Kier molecular flexibility index (Phi) is 5.88. The van der Waals surface area contributed by atoms with E-state index in [9.17, 15) is 4.79 Å². The van der Waals surface area contributed by atoms with E-state index in [1.807, 2.05) is 50.2 Å². The number of halogens is 1. The van der Waals surface area contributed by atoms with Crippen molar-refractivity contribution in [1.82, 2.24) is 5.32 Å². The lowest BCUT2D eigenvalue weighted by molar-refractivity contribution is -0.120. The van der Waals surface area contributed by atoms with E-state index in [1.54, 1.807) is 13.2 Å². The predicted octanol–water partition coefficient (Wildman–Crippen LogP) is 3.95. The van der Waals surface area contributed by atoms with Crippen molar-refractivity contribution in [2.75, 3.05) is 19.0 Å². The summed E-state index contributed by atoms with van der Waals surface area (Å²) >= 11 is 6.08. The van der Waals surface area contributed by atoms with Gasteiger partial charge in [-0.15, -0.1) is 0 Å². The maximum atomic E-state index is 12.1. The van der Waals surface area contributed by atoms with Crippen molar-refractivity contribution in [1.29, 1.82) is 0 Å². The molecule has 2 rings (SSSR count). The minimum absolute atomic E-state index is 0.0423. The van der Waals surface area contributed by atoms with Crippen molar-refractivity contribution in [3.05, 3.63) is 58.6 Å². The number of nitrogens with one attached hydrogen (secondary N) is 2. The Hall–Kier alpha value is -2.20. The molecule has 0 saturated carbocycles. The third-order valence-corrected chi connectivity index (χ3v) is 4.00. The number of aryl methyl sites for hydroxylation is 1. The summed E-state index contributed by atoms with van der Waals surface area (Å²) < 4.78 is 5.29. The van der Waals surface area contributed by atoms with Crippen LogP contribution in [0.5, 0.6) is 5.75 Å². The van der Waals surface area contributed by atoms with Crippen LogP contribution >= 0.6 is 11.6 Å². The lowest BCUT2D eigenvalue weighted by Gasteiger charge is -2.16. The van der Waals surface area contributed by atoms with Gasteiger partial charge in [0.25, 0.3) is 0 Å². The zero-order valence-corrected chi connectivity index (χ0v) is 14.3. The summed E-state index contributed by atoms with van der Waals surface area (Å²) in [5.74, 6) is 0.528. The predicted molar refractivity (Wildman–Crippen MR) is 94.2 cm³/mol. The molecular weight excluding hydrogens is 312 g/mol. The molecule has 122 valence electrons. The zero-order chi connectivity index (χ0) is 16.8. The van der Waals surface area contributed by atoms with Crippen molar-refractivity contribution >= 4 is 23.2 Å². The minimum Gasteiger partial charge on any atom is -0.495 e. The number of ether oxygens (including phenoxy) is 1. The molecule has 0 aliphatic rings. The summed E-state index contributed by atoms with van der Waals surface area (Å²) in [4.78, 5) is 12.1. The van der Waals surface area contributed by atoms with Gasteiger partial charge in [-0.25, -0.2) is 0 Å². The van der Waals surface area contributed by atoms with E-state index in [1.165, 1.54) is 0 Å². The van der Waals surface area contributed by atoms with Gasteiger partial charge in [0.2, 0.25) is 5.91 Å². The van der Waals surface area contributed by atoms with Crippen molar-refractivity contribution < 1.29 is 9.53 Å². The standard InChI is InChI=1S/C18H21ClN2O2/c1-12-9-16(17(23-3)10-15(12)19)20-11-18(22)21-13(2)14-7-5-4-6-8-14/h4-10,13,20H,11H2,1-3H3,(H,21,22)/t13-/m0/s1. The van der Waals surface area contributed by atoms with Gasteiger partial charge in [-0.1, -0.05) is 41.9 Å². The number of methoxy groups -OCH3 is 1. The van der Waals surface area contributed by atoms with Crippen LogP contribution in [0.4, 0.5) is 5.69 Å². The summed E-state index contributed by atoms with van der Waals surface area (Å²) in [6, 6.07) is 13.4. The molecule has 0 bridgehead atoms. The monoisotopic (exact) mass is 332 g/mol. The molecule has 0 aliphatic carbocycles. The van der Waals surface area contributed by atoms with Crippen LogP contribution in [0.15, 0.2) is 42.5 Å². The summed E-state index contributed by atoms with van der Waals surface area (Å²) in [5.41, 5.74) is 2.74. The van der Waals surface area contributed by atoms with Gasteiger partial charge in [0.15, 0.2) is 0 Å². The molecule has 1 amide bonds. The van der Waals surface area contributed by atoms with Crippen LogP contribution in [-0.4, -0.2) is 19.6 Å². The number of carbonyl (C=O) groups excluding carboxylic acids is 1. The quantitative estimate of drug-likeness (QED) is 0.842. The molecule has 5 heteroatoms. The van der Waals surface area contributed by atoms with Crippen LogP contribution in [0.2, 0.25) is 5.02 Å². The Labute approximate surface area is 141 Å². The van der Waals surface area contributed by atoms with Crippen LogP contribution in [0.25, 0.3) is 0 Å². The molecule has 0 aliphatic heterocycles. The third kappa shape index (κ3) is 4.63. The molecule has 0 spiro atoms. The maximum absolute atomic E-state index is 12.1. The number of hydrogen-bond donors (Lipinski definition) is 2. The lowest BCUT2D eigenvalue weighted by atomic mass is 10.1. The van der Waals surface area contributed by atoms with E-state index in [0.717, 1.165) is 16.8 Å². The highest BCUT2D eigenvalue weighted by Crippen LogP contribution is 2.30. The summed E-state index contributed by atoms with van der Waals surface area (Å²) in [5, 5.41) is 6.69. The van der Waals surface area contributed by atoms with Crippen LogP contribution < -0.4 is 15.4 Å². The number of rotatable bonds is 6. The molecule has 4 nitrogen and oxygen atoms in total. The summed E-state index contributed by atoms with van der Waals surface area (Å²) in [6.45, 7) is 4.03. The molecule has 0 aromatic heterocycles. The Morgan fingerprint density at radius 3 is 2.61 bits per heavy atom. The first-order chi connectivity index (χ1) is 11.0. The van der Waals surface area contributed by atoms with E-state index < -0.39 is 0 Å². The molecule has 2 aromatic carbocycles. The number of amides is 1. The van der Waals surface area contributed by atoms with Crippen molar-refractivity contribution in [2.24, 2.45) is 0 Å². The Morgan fingerprint density at radius 1 is 1.26 bits per heavy atom. The molecule has 0 fully saturated rings. The SMILES string of the molecule is COc1cc(Cl)c(C)cc1NCC(=O)N[C@@H](C)c1ccccc1. The zero-order valence-electron chi connectivity index (χ0n) is 13.5. The van der Waals surface area contributed by atoms with Gasteiger partial charge >= 0.3 is 0 Å². The third-order valence-electron chi connectivity index (χ3n) is 3.60. The first-order valence-electron chi connectivity index (χ1n) is 7.43. The second-order valence-corrected chi connectivity index (χ2v) is 5.76. The molecule has 2 aromatic rings. The first kappa shape index (κ1) is 17.2. The fourth-order valence-electron chi connectivity index (χ4n) is 2.26. The highest BCUT2D eigenvalue weighted by molar-refractivity contribution is 6.31. The molecule has 0 saturated heterocycles. The number of hydrogen-bond acceptors (Lipinski definition) is 3. The maximum Gasteiger partial charge on any atom is 0.239 e. The first-order valence-corrected chi connectivity index (χ1v) is 7.81. The summed E-state index contributed by atoms with van der Waals surface area (Å²) in [6.07, 6.45) is 0. The second kappa shape index (κ2) is 7.88. The molecule has 0 unspecified atom stereocenters. The Balaban J connectivity index is 1.96. The Morgan fingerprint density at radius 2 is 1.96 bits per heavy atom. The average Bonchev–Trinajstić information content (AvgIpc) is 2.56. The van der Waals surface area contributed by atoms with Crippen LogP contribution in [0, 0.1) is 6.92 Å². The molecule has 23 heavy (non-hydrogen) atoms. The fourth-order valence-corrected chi connectivity index (χ4v) is 2.42. The Bertz CT molecular complexity index is 674. The smallest absolute Gasteiger partial charge is 0.239 e. The van der Waals surface area contributed by atoms with Gasteiger partial charge in [-0.3, -0.25) is 4.79 Å². The average molecular weight is 333 g/mol. The van der Waals surface area contributed by atoms with E-state index in [-0.39, 0.29) is 18.5 Å². The largest absolute Gasteiger partial charge is 0.495 e. The van der Waals surface area contributed by atoms with Crippen LogP contribution in [0.3, 0.4) is 0 Å². The molecule has 0 radical (unpaired) electrons. The highest BCUT2D eigenvalue weighted by Gasteiger charge is 2.11. The van der Waals surface area contributed by atoms with Gasteiger partial charge in [0.1, 0.15) is 5.75 Å². The number of benzene rings is 2. The van der Waals surface area contributed by atoms with Gasteiger partial charge in [0.05, 0.1) is 25.4 Å². The molecule has 1 atom stereocenters. The molecular formula is C18H21ClN2O2. The van der Waals surface area contributed by atoms with E-state index in [2.05, 4.69) is 10.6 Å². The molecule has 2 N–H and O–H groups in total. The topological polar surface area (TPSA) is 50.4 Å². The van der Waals surface area contributed by atoms with Crippen LogP contribution in [0.1, 0.15) is 24.1 Å². The van der Waals surface area contributed by atoms with E-state index in [0.29, 0.717) is 10.8 Å². The molecule has 0 heterocycles. The van der Waals surface area contributed by atoms with Gasteiger partial charge in [-0.05, 0) is 31.0 Å². The van der Waals surface area contributed by atoms with Gasteiger partial charge < -0.3 is 15.4 Å². The van der Waals surface area contributed by atoms with Crippen molar-refractivity contribution in [3.8, 4) is 5.75 Å². The van der Waals surface area contributed by atoms with Gasteiger partial charge in [-0.2, -0.15) is 0 Å². The fraction of sp³-hybridized carbons (Fsp3) is 0.278. The van der Waals surface area contributed by atoms with Crippen molar-refractivity contribution in [2.45, 2.75) is 19.9 Å².